The van der Waals surface area contributed by atoms with Crippen LogP contribution in [0.25, 0.3) is 0 Å². The van der Waals surface area contributed by atoms with Gasteiger partial charge in [0.1, 0.15) is 0 Å². The number of hydrogen-bond donors (Lipinski definition) is 2. The van der Waals surface area contributed by atoms with Crippen LogP contribution in [0.2, 0.25) is 0 Å². The number of carbonyl (C=O) groups is 1. The predicted molar refractivity (Wildman–Crippen MR) is 65.8 cm³/mol. The molecule has 0 spiro atoms. The Morgan fingerprint density at radius 3 is 2.65 bits per heavy atom. The molecule has 5 heteroatoms. The third-order valence-corrected chi connectivity index (χ3v) is 3.13. The second-order valence-electron chi connectivity index (χ2n) is 5.74. The van der Waals surface area contributed by atoms with E-state index in [1.54, 1.807) is 11.9 Å². The molecule has 1 heterocycles. The Kier molecular flexibility index (Phi) is 4.17. The van der Waals surface area contributed by atoms with E-state index in [4.69, 9.17) is 4.74 Å². The molecule has 0 aromatic heterocycles. The number of morpholine rings is 1. The first-order valence-electron chi connectivity index (χ1n) is 5.99. The van der Waals surface area contributed by atoms with Gasteiger partial charge in [-0.05, 0) is 34.7 Å². The number of nitrogens with one attached hydrogen (secondary N) is 1. The summed E-state index contributed by atoms with van der Waals surface area (Å²) in [5.74, 6) is 0.0369. The molecule has 1 rings (SSSR count). The second-order valence-corrected chi connectivity index (χ2v) is 5.74. The summed E-state index contributed by atoms with van der Waals surface area (Å²) >= 11 is 0. The molecule has 1 aliphatic heterocycles. The van der Waals surface area contributed by atoms with E-state index in [1.807, 2.05) is 27.7 Å². The first kappa shape index (κ1) is 14.4. The fourth-order valence-electron chi connectivity index (χ4n) is 2.05. The van der Waals surface area contributed by atoms with E-state index < -0.39 is 11.1 Å². The summed E-state index contributed by atoms with van der Waals surface area (Å²) in [6.45, 7) is 8.50. The Bertz CT molecular complexity index is 289. The van der Waals surface area contributed by atoms with Gasteiger partial charge in [-0.2, -0.15) is 0 Å². The molecule has 1 atom stereocenters. The van der Waals surface area contributed by atoms with Gasteiger partial charge in [0.2, 0.25) is 5.91 Å². The minimum atomic E-state index is -0.590. The average molecular weight is 244 g/mol. The summed E-state index contributed by atoms with van der Waals surface area (Å²) in [7, 11) is 1.77. The molecule has 1 saturated heterocycles. The number of amides is 1. The van der Waals surface area contributed by atoms with Crippen LogP contribution >= 0.6 is 0 Å². The number of likely N-dealkylation sites (N-methyl/N-ethyl adjacent to an activating group) is 1. The van der Waals surface area contributed by atoms with E-state index >= 15 is 0 Å². The maximum Gasteiger partial charge on any atom is 0.242 e. The first-order valence-corrected chi connectivity index (χ1v) is 5.99. The van der Waals surface area contributed by atoms with E-state index in [0.29, 0.717) is 13.1 Å². The van der Waals surface area contributed by atoms with Crippen molar-refractivity contribution in [2.75, 3.05) is 26.7 Å². The van der Waals surface area contributed by atoms with Gasteiger partial charge in [0.15, 0.2) is 0 Å². The third kappa shape index (κ3) is 3.40. The minimum absolute atomic E-state index is 0.0369. The summed E-state index contributed by atoms with van der Waals surface area (Å²) in [5, 5.41) is 12.2. The van der Waals surface area contributed by atoms with Crippen molar-refractivity contribution >= 4 is 5.91 Å². The maximum atomic E-state index is 12.3. The van der Waals surface area contributed by atoms with Crippen LogP contribution in [-0.4, -0.2) is 59.9 Å². The summed E-state index contributed by atoms with van der Waals surface area (Å²) in [5.41, 5.74) is -1.00. The van der Waals surface area contributed by atoms with Crippen LogP contribution in [-0.2, 0) is 9.53 Å². The summed E-state index contributed by atoms with van der Waals surface area (Å²) in [6.07, 6.45) is -0.296. The fourth-order valence-corrected chi connectivity index (χ4v) is 2.05. The molecule has 0 aromatic rings. The van der Waals surface area contributed by atoms with Crippen LogP contribution in [0.1, 0.15) is 27.7 Å². The standard InChI is InChI=1S/C12H24N2O3/c1-11(2)8-14(6-9(7-15)17-11)10(16)12(3,4)13-5/h9,13,15H,6-8H2,1-5H3. The van der Waals surface area contributed by atoms with Gasteiger partial charge in [-0.25, -0.2) is 0 Å². The normalized spacial score (nSPS) is 24.8. The van der Waals surface area contributed by atoms with Gasteiger partial charge in [-0.1, -0.05) is 0 Å². The summed E-state index contributed by atoms with van der Waals surface area (Å²) in [4.78, 5) is 14.1. The van der Waals surface area contributed by atoms with Crippen LogP contribution in [0, 0.1) is 0 Å². The second kappa shape index (κ2) is 4.92. The quantitative estimate of drug-likeness (QED) is 0.732. The van der Waals surface area contributed by atoms with Crippen molar-refractivity contribution in [1.29, 1.82) is 0 Å². The third-order valence-electron chi connectivity index (χ3n) is 3.13. The van der Waals surface area contributed by atoms with Crippen molar-refractivity contribution in [1.82, 2.24) is 10.2 Å². The van der Waals surface area contributed by atoms with Crippen molar-refractivity contribution in [2.45, 2.75) is 44.9 Å². The molecule has 0 saturated carbocycles. The van der Waals surface area contributed by atoms with Gasteiger partial charge in [0.25, 0.3) is 0 Å². The molecule has 2 N–H and O–H groups in total. The Balaban J connectivity index is 2.80. The number of rotatable bonds is 3. The molecule has 0 bridgehead atoms. The Hall–Kier alpha value is -0.650. The minimum Gasteiger partial charge on any atom is -0.394 e. The average Bonchev–Trinajstić information content (AvgIpc) is 2.25. The van der Waals surface area contributed by atoms with E-state index in [9.17, 15) is 9.90 Å². The van der Waals surface area contributed by atoms with Crippen LogP contribution in [0.3, 0.4) is 0 Å². The number of carbonyl (C=O) groups excluding carboxylic acids is 1. The fraction of sp³-hybridized carbons (Fsp3) is 0.917. The number of aliphatic hydroxyl groups is 1. The number of hydrogen-bond acceptors (Lipinski definition) is 4. The topological polar surface area (TPSA) is 61.8 Å². The van der Waals surface area contributed by atoms with Crippen molar-refractivity contribution in [2.24, 2.45) is 0 Å². The number of ether oxygens (including phenoxy) is 1. The van der Waals surface area contributed by atoms with Crippen molar-refractivity contribution in [3.63, 3.8) is 0 Å². The first-order chi connectivity index (χ1) is 7.72. The molecule has 17 heavy (non-hydrogen) atoms. The molecule has 0 aromatic carbocycles. The predicted octanol–water partition coefficient (Wildman–Crippen LogP) is -0.0173. The monoisotopic (exact) mass is 244 g/mol. The number of nitrogens with zero attached hydrogens (tertiary/aromatic N) is 1. The molecule has 0 radical (unpaired) electrons. The van der Waals surface area contributed by atoms with Crippen molar-refractivity contribution in [3.05, 3.63) is 0 Å². The molecule has 1 aliphatic rings. The summed E-state index contributed by atoms with van der Waals surface area (Å²) in [6, 6.07) is 0. The zero-order valence-electron chi connectivity index (χ0n) is 11.4. The van der Waals surface area contributed by atoms with Crippen molar-refractivity contribution in [3.8, 4) is 0 Å². The highest BCUT2D eigenvalue weighted by molar-refractivity contribution is 5.85. The van der Waals surface area contributed by atoms with Gasteiger partial charge in [0.05, 0.1) is 23.9 Å². The lowest BCUT2D eigenvalue weighted by molar-refractivity contribution is -0.170. The molecular weight excluding hydrogens is 220 g/mol. The van der Waals surface area contributed by atoms with E-state index in [2.05, 4.69) is 5.32 Å². The lowest BCUT2D eigenvalue weighted by Crippen LogP contribution is -2.61. The molecular formula is C12H24N2O3. The lowest BCUT2D eigenvalue weighted by atomic mass is 9.99. The SMILES string of the molecule is CNC(C)(C)C(=O)N1CC(CO)OC(C)(C)C1. The molecule has 1 unspecified atom stereocenters. The summed E-state index contributed by atoms with van der Waals surface area (Å²) < 4.78 is 5.69. The maximum absolute atomic E-state index is 12.3. The van der Waals surface area contributed by atoms with E-state index in [0.717, 1.165) is 0 Å². The van der Waals surface area contributed by atoms with E-state index in [1.165, 1.54) is 0 Å². The highest BCUT2D eigenvalue weighted by atomic mass is 16.5. The van der Waals surface area contributed by atoms with Gasteiger partial charge >= 0.3 is 0 Å². The molecule has 1 amide bonds. The smallest absolute Gasteiger partial charge is 0.242 e. The Labute approximate surface area is 103 Å². The van der Waals surface area contributed by atoms with E-state index in [-0.39, 0.29) is 18.6 Å². The lowest BCUT2D eigenvalue weighted by Gasteiger charge is -2.44. The Morgan fingerprint density at radius 2 is 2.18 bits per heavy atom. The van der Waals surface area contributed by atoms with Gasteiger partial charge in [0, 0.05) is 13.1 Å². The Morgan fingerprint density at radius 1 is 1.59 bits per heavy atom. The van der Waals surface area contributed by atoms with Crippen LogP contribution in [0.15, 0.2) is 0 Å². The highest BCUT2D eigenvalue weighted by Gasteiger charge is 2.39. The van der Waals surface area contributed by atoms with Crippen molar-refractivity contribution < 1.29 is 14.6 Å². The molecule has 5 nitrogen and oxygen atoms in total. The van der Waals surface area contributed by atoms with Gasteiger partial charge in [-0.3, -0.25) is 4.79 Å². The van der Waals surface area contributed by atoms with Crippen LogP contribution in [0.5, 0.6) is 0 Å². The highest BCUT2D eigenvalue weighted by Crippen LogP contribution is 2.22. The van der Waals surface area contributed by atoms with Crippen LogP contribution in [0.4, 0.5) is 0 Å². The largest absolute Gasteiger partial charge is 0.394 e. The zero-order valence-corrected chi connectivity index (χ0v) is 11.4. The molecule has 0 aliphatic carbocycles. The molecule has 1 fully saturated rings. The van der Waals surface area contributed by atoms with Gasteiger partial charge in [-0.15, -0.1) is 0 Å². The molecule has 100 valence electrons. The number of aliphatic hydroxyl groups excluding tert-OH is 1. The van der Waals surface area contributed by atoms with Crippen LogP contribution < -0.4 is 5.32 Å². The zero-order chi connectivity index (χ0) is 13.3. The van der Waals surface area contributed by atoms with Gasteiger partial charge < -0.3 is 20.1 Å².